The second-order valence-corrected chi connectivity index (χ2v) is 8.93. The Morgan fingerprint density at radius 3 is 2.29 bits per heavy atom. The van der Waals surface area contributed by atoms with Crippen LogP contribution in [0.2, 0.25) is 0 Å². The number of nitrogens with zero attached hydrogens (tertiary/aromatic N) is 1. The Morgan fingerprint density at radius 2 is 1.53 bits per heavy atom. The van der Waals surface area contributed by atoms with E-state index in [0.717, 1.165) is 39.2 Å². The average molecular weight is 470 g/mol. The Bertz CT molecular complexity index is 1400. The first-order chi connectivity index (χ1) is 16.5. The van der Waals surface area contributed by atoms with Gasteiger partial charge in [-0.25, -0.2) is 4.39 Å². The molecule has 4 aromatic rings. The second-order valence-electron chi connectivity index (χ2n) is 7.93. The maximum absolute atomic E-state index is 13.0. The van der Waals surface area contributed by atoms with E-state index in [1.807, 2.05) is 54.6 Å². The van der Waals surface area contributed by atoms with Gasteiger partial charge in [-0.3, -0.25) is 14.5 Å². The summed E-state index contributed by atoms with van der Waals surface area (Å²) in [6.45, 7) is 0.566. The van der Waals surface area contributed by atoms with Gasteiger partial charge in [-0.15, -0.1) is 0 Å². The number of hydrogen-bond acceptors (Lipinski definition) is 4. The standard InChI is InChI=1S/C28H20FNO3S/c29-24-11-6-20(7-12-24)18-33-25-13-8-19(9-14-25)16-26-27(31)30(28(32)34-26)17-21-5-10-22-3-1-2-4-23(22)15-21/h1-16H,17-18H2/b26-16-. The number of ether oxygens (including phenoxy) is 1. The number of fused-ring (bicyclic) bond motifs is 1. The summed E-state index contributed by atoms with van der Waals surface area (Å²) >= 11 is 0.949. The monoisotopic (exact) mass is 469 g/mol. The number of carbonyl (C=O) groups is 2. The van der Waals surface area contributed by atoms with Crippen molar-refractivity contribution in [3.05, 3.63) is 118 Å². The lowest BCUT2D eigenvalue weighted by Gasteiger charge is -2.13. The highest BCUT2D eigenvalue weighted by Gasteiger charge is 2.35. The molecule has 0 saturated carbocycles. The Morgan fingerprint density at radius 1 is 0.824 bits per heavy atom. The molecular weight excluding hydrogens is 449 g/mol. The molecule has 4 nitrogen and oxygen atoms in total. The molecule has 0 N–H and O–H groups in total. The number of halogens is 1. The quantitative estimate of drug-likeness (QED) is 0.292. The minimum Gasteiger partial charge on any atom is -0.489 e. The van der Waals surface area contributed by atoms with E-state index in [9.17, 15) is 14.0 Å². The van der Waals surface area contributed by atoms with Gasteiger partial charge in [0, 0.05) is 0 Å². The molecule has 1 aliphatic rings. The molecule has 0 unspecified atom stereocenters. The van der Waals surface area contributed by atoms with Crippen molar-refractivity contribution in [1.29, 1.82) is 0 Å². The smallest absolute Gasteiger partial charge is 0.293 e. The number of hydrogen-bond donors (Lipinski definition) is 0. The molecule has 1 heterocycles. The maximum atomic E-state index is 13.0. The van der Waals surface area contributed by atoms with E-state index in [0.29, 0.717) is 17.3 Å². The fourth-order valence-corrected chi connectivity index (χ4v) is 4.55. The molecule has 0 radical (unpaired) electrons. The molecule has 0 aliphatic carbocycles. The van der Waals surface area contributed by atoms with Crippen LogP contribution in [0, 0.1) is 5.82 Å². The van der Waals surface area contributed by atoms with Crippen molar-refractivity contribution in [2.75, 3.05) is 0 Å². The van der Waals surface area contributed by atoms with Crippen LogP contribution in [0.5, 0.6) is 5.75 Å². The topological polar surface area (TPSA) is 46.6 Å². The van der Waals surface area contributed by atoms with Gasteiger partial charge >= 0.3 is 0 Å². The molecule has 0 atom stereocenters. The molecule has 6 heteroatoms. The van der Waals surface area contributed by atoms with Crippen molar-refractivity contribution in [2.24, 2.45) is 0 Å². The molecule has 2 amide bonds. The lowest BCUT2D eigenvalue weighted by molar-refractivity contribution is -0.123. The van der Waals surface area contributed by atoms with Crippen molar-refractivity contribution in [3.63, 3.8) is 0 Å². The maximum Gasteiger partial charge on any atom is 0.293 e. The minimum atomic E-state index is -0.292. The van der Waals surface area contributed by atoms with E-state index in [2.05, 4.69) is 0 Å². The number of imide groups is 1. The summed E-state index contributed by atoms with van der Waals surface area (Å²) < 4.78 is 18.7. The SMILES string of the molecule is O=C1S/C(=C\c2ccc(OCc3ccc(F)cc3)cc2)C(=O)N1Cc1ccc2ccccc2c1. The van der Waals surface area contributed by atoms with Crippen LogP contribution in [0.4, 0.5) is 9.18 Å². The summed E-state index contributed by atoms with van der Waals surface area (Å²) in [7, 11) is 0. The highest BCUT2D eigenvalue weighted by molar-refractivity contribution is 8.18. The molecule has 1 fully saturated rings. The molecule has 34 heavy (non-hydrogen) atoms. The molecule has 0 bridgehead atoms. The second kappa shape index (κ2) is 9.53. The van der Waals surface area contributed by atoms with Crippen LogP contribution >= 0.6 is 11.8 Å². The zero-order chi connectivity index (χ0) is 23.5. The molecule has 4 aromatic carbocycles. The van der Waals surface area contributed by atoms with Crippen molar-refractivity contribution in [3.8, 4) is 5.75 Å². The van der Waals surface area contributed by atoms with Gasteiger partial charge in [0.2, 0.25) is 0 Å². The lowest BCUT2D eigenvalue weighted by atomic mass is 10.1. The predicted molar refractivity (Wildman–Crippen MR) is 133 cm³/mol. The normalized spacial score (nSPS) is 14.9. The third-order valence-electron chi connectivity index (χ3n) is 5.52. The number of carbonyl (C=O) groups excluding carboxylic acids is 2. The number of amides is 2. The van der Waals surface area contributed by atoms with Crippen LogP contribution in [0.25, 0.3) is 16.8 Å². The summed E-state index contributed by atoms with van der Waals surface area (Å²) in [5.41, 5.74) is 2.57. The third-order valence-corrected chi connectivity index (χ3v) is 6.43. The van der Waals surface area contributed by atoms with E-state index in [4.69, 9.17) is 4.74 Å². The van der Waals surface area contributed by atoms with Gasteiger partial charge in [0.05, 0.1) is 11.4 Å². The van der Waals surface area contributed by atoms with Crippen LogP contribution in [-0.2, 0) is 17.9 Å². The predicted octanol–water partition coefficient (Wildman–Crippen LogP) is 6.79. The van der Waals surface area contributed by atoms with E-state index < -0.39 is 0 Å². The Labute approximate surface area is 200 Å². The Kier molecular flexibility index (Phi) is 6.14. The first-order valence-electron chi connectivity index (χ1n) is 10.8. The van der Waals surface area contributed by atoms with Crippen molar-refractivity contribution >= 4 is 39.8 Å². The zero-order valence-corrected chi connectivity index (χ0v) is 18.9. The van der Waals surface area contributed by atoms with Gasteiger partial charge in [-0.2, -0.15) is 0 Å². The summed E-state index contributed by atoms with van der Waals surface area (Å²) in [5.74, 6) is 0.0838. The first-order valence-corrected chi connectivity index (χ1v) is 11.6. The van der Waals surface area contributed by atoms with Crippen LogP contribution in [0.15, 0.2) is 95.9 Å². The average Bonchev–Trinajstić information content (AvgIpc) is 3.12. The molecule has 5 rings (SSSR count). The van der Waals surface area contributed by atoms with Gasteiger partial charge in [-0.1, -0.05) is 60.7 Å². The molecule has 0 aromatic heterocycles. The highest BCUT2D eigenvalue weighted by Crippen LogP contribution is 2.34. The van der Waals surface area contributed by atoms with Crippen LogP contribution in [-0.4, -0.2) is 16.0 Å². The summed E-state index contributed by atoms with van der Waals surface area (Å²) in [4.78, 5) is 27.1. The zero-order valence-electron chi connectivity index (χ0n) is 18.1. The van der Waals surface area contributed by atoms with Gasteiger partial charge in [0.15, 0.2) is 0 Å². The van der Waals surface area contributed by atoms with Crippen molar-refractivity contribution < 1.29 is 18.7 Å². The summed E-state index contributed by atoms with van der Waals surface area (Å²) in [5, 5.41) is 1.92. The van der Waals surface area contributed by atoms with E-state index in [-0.39, 0.29) is 23.5 Å². The molecule has 1 saturated heterocycles. The van der Waals surface area contributed by atoms with E-state index in [1.54, 1.807) is 30.3 Å². The van der Waals surface area contributed by atoms with E-state index >= 15 is 0 Å². The van der Waals surface area contributed by atoms with Crippen LogP contribution in [0.3, 0.4) is 0 Å². The number of thioether (sulfide) groups is 1. The number of rotatable bonds is 6. The van der Waals surface area contributed by atoms with Crippen molar-refractivity contribution in [2.45, 2.75) is 13.2 Å². The van der Waals surface area contributed by atoms with Crippen LogP contribution in [0.1, 0.15) is 16.7 Å². The first kappa shape index (κ1) is 21.9. The van der Waals surface area contributed by atoms with E-state index in [1.165, 1.54) is 17.0 Å². The Balaban J connectivity index is 1.25. The minimum absolute atomic E-state index is 0.239. The van der Waals surface area contributed by atoms with Gasteiger partial charge in [-0.05, 0) is 75.6 Å². The van der Waals surface area contributed by atoms with Crippen molar-refractivity contribution in [1.82, 2.24) is 4.90 Å². The summed E-state index contributed by atoms with van der Waals surface area (Å²) in [6, 6.07) is 27.4. The fraction of sp³-hybridized carbons (Fsp3) is 0.0714. The third kappa shape index (κ3) is 4.87. The molecule has 168 valence electrons. The lowest BCUT2D eigenvalue weighted by Crippen LogP contribution is -2.27. The highest BCUT2D eigenvalue weighted by atomic mass is 32.2. The number of benzene rings is 4. The molecular formula is C28H20FNO3S. The Hall–Kier alpha value is -3.90. The molecule has 0 spiro atoms. The largest absolute Gasteiger partial charge is 0.489 e. The van der Waals surface area contributed by atoms with Crippen LogP contribution < -0.4 is 4.74 Å². The van der Waals surface area contributed by atoms with Gasteiger partial charge in [0.25, 0.3) is 11.1 Å². The molecule has 1 aliphatic heterocycles. The van der Waals surface area contributed by atoms with Gasteiger partial charge in [0.1, 0.15) is 18.2 Å². The van der Waals surface area contributed by atoms with Gasteiger partial charge < -0.3 is 4.74 Å². The summed E-state index contributed by atoms with van der Waals surface area (Å²) in [6.07, 6.45) is 1.72. The fourth-order valence-electron chi connectivity index (χ4n) is 3.71.